The Morgan fingerprint density at radius 1 is 1.19 bits per heavy atom. The van der Waals surface area contributed by atoms with Gasteiger partial charge in [-0.05, 0) is 36.8 Å². The van der Waals surface area contributed by atoms with Crippen LogP contribution in [0.2, 0.25) is 5.02 Å². The highest BCUT2D eigenvalue weighted by atomic mass is 35.5. The Labute approximate surface area is 161 Å². The molecule has 0 bridgehead atoms. The maximum atomic E-state index is 12.3. The van der Waals surface area contributed by atoms with Crippen LogP contribution in [0.4, 0.5) is 8.78 Å². The van der Waals surface area contributed by atoms with E-state index in [1.165, 1.54) is 13.2 Å². The lowest BCUT2D eigenvalue weighted by atomic mass is 10.1. The largest absolute Gasteiger partial charge is 0.493 e. The number of carbonyl (C=O) groups excluding carboxylic acids is 1. The lowest BCUT2D eigenvalue weighted by Gasteiger charge is -2.13. The van der Waals surface area contributed by atoms with Gasteiger partial charge in [0, 0.05) is 17.1 Å². The van der Waals surface area contributed by atoms with E-state index < -0.39 is 6.61 Å². The molecule has 1 atom stereocenters. The average molecular weight is 400 g/mol. The number of benzene rings is 2. The molecule has 0 aliphatic carbocycles. The minimum Gasteiger partial charge on any atom is -0.493 e. The molecule has 0 unspecified atom stereocenters. The summed E-state index contributed by atoms with van der Waals surface area (Å²) in [5.41, 5.74) is 1.79. The third kappa shape index (κ3) is 6.69. The second-order valence-corrected chi connectivity index (χ2v) is 6.36. The van der Waals surface area contributed by atoms with E-state index in [0.29, 0.717) is 10.6 Å². The average Bonchev–Trinajstić information content (AvgIpc) is 2.65. The van der Waals surface area contributed by atoms with Crippen LogP contribution in [0.15, 0.2) is 42.5 Å². The second kappa shape index (κ2) is 10.1. The van der Waals surface area contributed by atoms with Crippen LogP contribution in [-0.4, -0.2) is 26.2 Å². The van der Waals surface area contributed by atoms with Crippen molar-refractivity contribution in [1.82, 2.24) is 5.32 Å². The minimum atomic E-state index is -2.93. The molecule has 8 heteroatoms. The minimum absolute atomic E-state index is 0.0484. The van der Waals surface area contributed by atoms with Gasteiger partial charge in [0.25, 0.3) is 5.91 Å². The first-order valence-electron chi connectivity index (χ1n) is 8.36. The van der Waals surface area contributed by atoms with Gasteiger partial charge in [-0.3, -0.25) is 4.79 Å². The number of alkyl halides is 2. The van der Waals surface area contributed by atoms with E-state index in [9.17, 15) is 13.6 Å². The van der Waals surface area contributed by atoms with Crippen LogP contribution in [0.5, 0.6) is 11.5 Å². The molecule has 0 radical (unpaired) electrons. The number of hydrogen-bond acceptors (Lipinski definition) is 3. The molecule has 0 saturated heterocycles. The van der Waals surface area contributed by atoms with E-state index >= 15 is 0 Å². The fraction of sp³-hybridized carbons (Fsp3) is 0.316. The van der Waals surface area contributed by atoms with Gasteiger partial charge in [0.05, 0.1) is 7.11 Å². The van der Waals surface area contributed by atoms with Gasteiger partial charge in [0.1, 0.15) is 6.04 Å². The quantitative estimate of drug-likeness (QED) is 0.681. The van der Waals surface area contributed by atoms with Crippen molar-refractivity contribution < 1.29 is 28.4 Å². The molecule has 0 heterocycles. The standard InChI is InChI=1S/C19H21ClF2N2O3/c1-12(14-4-6-15(20)7-5-14)23-11-18(25)24-10-13-3-8-16(27-19(21)22)17(9-13)26-2/h3-9,12,19,23H,10-11H2,1-2H3,(H,24,25)/p+1/t12-/m1/s1. The number of nitrogens with two attached hydrogens (primary N) is 1. The normalized spacial score (nSPS) is 11.9. The fourth-order valence-corrected chi connectivity index (χ4v) is 2.60. The third-order valence-corrected chi connectivity index (χ3v) is 4.24. The second-order valence-electron chi connectivity index (χ2n) is 5.92. The van der Waals surface area contributed by atoms with Crippen LogP contribution in [0.3, 0.4) is 0 Å². The number of methoxy groups -OCH3 is 1. The van der Waals surface area contributed by atoms with Crippen molar-refractivity contribution >= 4 is 17.5 Å². The van der Waals surface area contributed by atoms with Gasteiger partial charge >= 0.3 is 6.61 Å². The topological polar surface area (TPSA) is 64.2 Å². The summed E-state index contributed by atoms with van der Waals surface area (Å²) in [6.45, 7) is -0.410. The highest BCUT2D eigenvalue weighted by molar-refractivity contribution is 6.30. The van der Waals surface area contributed by atoms with Gasteiger partial charge in [-0.25, -0.2) is 0 Å². The van der Waals surface area contributed by atoms with Gasteiger partial charge in [-0.2, -0.15) is 8.78 Å². The predicted octanol–water partition coefficient (Wildman–Crippen LogP) is 2.89. The first-order valence-corrected chi connectivity index (χ1v) is 8.74. The number of amides is 1. The van der Waals surface area contributed by atoms with Gasteiger partial charge in [0.2, 0.25) is 0 Å². The molecular formula is C19H22ClF2N2O3+. The van der Waals surface area contributed by atoms with Gasteiger partial charge in [0.15, 0.2) is 18.0 Å². The molecule has 3 N–H and O–H groups in total. The molecule has 27 heavy (non-hydrogen) atoms. The summed E-state index contributed by atoms with van der Waals surface area (Å²) < 4.78 is 34.1. The van der Waals surface area contributed by atoms with E-state index in [1.54, 1.807) is 12.1 Å². The Bertz CT molecular complexity index is 757. The molecule has 0 spiro atoms. The van der Waals surface area contributed by atoms with Crippen molar-refractivity contribution in [2.24, 2.45) is 0 Å². The fourth-order valence-electron chi connectivity index (χ4n) is 2.47. The predicted molar refractivity (Wildman–Crippen MR) is 98.1 cm³/mol. The number of ether oxygens (including phenoxy) is 2. The third-order valence-electron chi connectivity index (χ3n) is 3.99. The van der Waals surface area contributed by atoms with E-state index in [1.807, 2.05) is 36.5 Å². The number of quaternary nitrogens is 1. The molecule has 2 aromatic carbocycles. The maximum Gasteiger partial charge on any atom is 0.387 e. The first kappa shape index (κ1) is 20.9. The number of rotatable bonds is 9. The van der Waals surface area contributed by atoms with Crippen molar-refractivity contribution in [1.29, 1.82) is 0 Å². The smallest absolute Gasteiger partial charge is 0.387 e. The van der Waals surface area contributed by atoms with E-state index in [-0.39, 0.29) is 36.5 Å². The Kier molecular flexibility index (Phi) is 7.82. The van der Waals surface area contributed by atoms with Crippen LogP contribution in [0.25, 0.3) is 0 Å². The van der Waals surface area contributed by atoms with Crippen molar-refractivity contribution in [3.05, 3.63) is 58.6 Å². The highest BCUT2D eigenvalue weighted by Gasteiger charge is 2.13. The van der Waals surface area contributed by atoms with Gasteiger partial charge < -0.3 is 20.1 Å². The molecule has 146 valence electrons. The number of hydrogen-bond donors (Lipinski definition) is 2. The molecule has 0 aliphatic rings. The van der Waals surface area contributed by atoms with E-state index in [0.717, 1.165) is 5.56 Å². The summed E-state index contributed by atoms with van der Waals surface area (Å²) in [5, 5.41) is 5.38. The monoisotopic (exact) mass is 399 g/mol. The summed E-state index contributed by atoms with van der Waals surface area (Å²) in [4.78, 5) is 12.1. The molecule has 5 nitrogen and oxygen atoms in total. The van der Waals surface area contributed by atoms with Crippen molar-refractivity contribution in [3.63, 3.8) is 0 Å². The molecule has 0 aromatic heterocycles. The van der Waals surface area contributed by atoms with Crippen LogP contribution in [0.1, 0.15) is 24.1 Å². The summed E-state index contributed by atoms with van der Waals surface area (Å²) in [7, 11) is 1.36. The van der Waals surface area contributed by atoms with Crippen LogP contribution in [-0.2, 0) is 11.3 Å². The van der Waals surface area contributed by atoms with Crippen molar-refractivity contribution in [2.45, 2.75) is 26.1 Å². The molecule has 0 aliphatic heterocycles. The van der Waals surface area contributed by atoms with E-state index in [2.05, 4.69) is 10.1 Å². The lowest BCUT2D eigenvalue weighted by Crippen LogP contribution is -2.87. The molecule has 1 amide bonds. The highest BCUT2D eigenvalue weighted by Crippen LogP contribution is 2.29. The Morgan fingerprint density at radius 2 is 1.89 bits per heavy atom. The van der Waals surface area contributed by atoms with Crippen LogP contribution < -0.4 is 20.1 Å². The number of nitrogens with one attached hydrogen (secondary N) is 1. The van der Waals surface area contributed by atoms with E-state index in [4.69, 9.17) is 16.3 Å². The first-order chi connectivity index (χ1) is 12.9. The number of carbonyl (C=O) groups is 1. The molecule has 2 aromatic rings. The summed E-state index contributed by atoms with van der Waals surface area (Å²) in [6.07, 6.45) is 0. The van der Waals surface area contributed by atoms with Gasteiger partial charge in [-0.15, -0.1) is 0 Å². The molecule has 2 rings (SSSR count). The molecule has 0 saturated carbocycles. The summed E-state index contributed by atoms with van der Waals surface area (Å²) >= 11 is 5.87. The van der Waals surface area contributed by atoms with Crippen LogP contribution >= 0.6 is 11.6 Å². The Morgan fingerprint density at radius 3 is 2.52 bits per heavy atom. The number of halogens is 3. The molecule has 0 fully saturated rings. The van der Waals surface area contributed by atoms with Crippen molar-refractivity contribution in [3.8, 4) is 11.5 Å². The zero-order valence-electron chi connectivity index (χ0n) is 15.0. The SMILES string of the molecule is COc1cc(CNC(=O)C[NH2+][C@H](C)c2ccc(Cl)cc2)ccc1OC(F)F. The maximum absolute atomic E-state index is 12.3. The summed E-state index contributed by atoms with van der Waals surface area (Å²) in [5.74, 6) is 0.000332. The van der Waals surface area contributed by atoms with Crippen LogP contribution in [0, 0.1) is 0 Å². The van der Waals surface area contributed by atoms with Gasteiger partial charge in [-0.1, -0.05) is 29.8 Å². The zero-order chi connectivity index (χ0) is 19.8. The Hall–Kier alpha value is -2.38. The van der Waals surface area contributed by atoms with Crippen molar-refractivity contribution in [2.75, 3.05) is 13.7 Å². The Balaban J connectivity index is 1.83. The lowest BCUT2D eigenvalue weighted by molar-refractivity contribution is -0.682. The zero-order valence-corrected chi connectivity index (χ0v) is 15.8. The molecular weight excluding hydrogens is 378 g/mol. The summed E-state index contributed by atoms with van der Waals surface area (Å²) in [6, 6.07) is 12.1.